The van der Waals surface area contributed by atoms with Crippen LogP contribution in [0.15, 0.2) is 59.7 Å². The van der Waals surface area contributed by atoms with Gasteiger partial charge in [-0.05, 0) is 25.1 Å². The number of hydrogen-bond donors (Lipinski definition) is 1. The predicted octanol–water partition coefficient (Wildman–Crippen LogP) is 3.74. The van der Waals surface area contributed by atoms with Crippen molar-refractivity contribution in [3.8, 4) is 0 Å². The van der Waals surface area contributed by atoms with Crippen LogP contribution in [0.25, 0.3) is 0 Å². The van der Waals surface area contributed by atoms with E-state index in [-0.39, 0.29) is 6.10 Å². The Morgan fingerprint density at radius 2 is 1.74 bits per heavy atom. The van der Waals surface area contributed by atoms with Crippen molar-refractivity contribution < 1.29 is 4.74 Å². The fourth-order valence-corrected chi connectivity index (χ4v) is 2.08. The number of nitrogens with zero attached hydrogens (tertiary/aromatic N) is 1. The zero-order chi connectivity index (χ0) is 13.7. The summed E-state index contributed by atoms with van der Waals surface area (Å²) in [6.07, 6.45) is -0.226. The minimum absolute atomic E-state index is 0.226. The van der Waals surface area contributed by atoms with Crippen molar-refractivity contribution in [3.63, 3.8) is 0 Å². The Morgan fingerprint density at radius 3 is 2.37 bits per heavy atom. The third kappa shape index (κ3) is 3.26. The summed E-state index contributed by atoms with van der Waals surface area (Å²) >= 11 is 6.14. The lowest BCUT2D eigenvalue weighted by Crippen LogP contribution is -2.12. The molecule has 0 heterocycles. The van der Waals surface area contributed by atoms with Crippen LogP contribution in [0, 0.1) is 0 Å². The molecule has 1 atom stereocenters. The van der Waals surface area contributed by atoms with Gasteiger partial charge < -0.3 is 10.6 Å². The fourth-order valence-electron chi connectivity index (χ4n) is 1.79. The van der Waals surface area contributed by atoms with Crippen molar-refractivity contribution in [2.75, 3.05) is 0 Å². The molecule has 3 nitrogen and oxygen atoms in total. The van der Waals surface area contributed by atoms with Crippen molar-refractivity contribution >= 4 is 17.5 Å². The van der Waals surface area contributed by atoms with Gasteiger partial charge in [0.15, 0.2) is 0 Å². The lowest BCUT2D eigenvalue weighted by atomic mass is 10.1. The molecule has 0 aliphatic heterocycles. The predicted molar refractivity (Wildman–Crippen MR) is 78.1 cm³/mol. The van der Waals surface area contributed by atoms with Crippen molar-refractivity contribution in [3.05, 3.63) is 70.7 Å². The van der Waals surface area contributed by atoms with E-state index in [0.717, 1.165) is 11.1 Å². The lowest BCUT2D eigenvalue weighted by Gasteiger charge is -2.17. The smallest absolute Gasteiger partial charge is 0.238 e. The van der Waals surface area contributed by atoms with E-state index < -0.39 is 0 Å². The van der Waals surface area contributed by atoms with Gasteiger partial charge in [-0.25, -0.2) is 0 Å². The van der Waals surface area contributed by atoms with Gasteiger partial charge in [0.05, 0.1) is 0 Å². The van der Waals surface area contributed by atoms with Crippen molar-refractivity contribution in [1.29, 1.82) is 0 Å². The molecule has 19 heavy (non-hydrogen) atoms. The normalized spacial score (nSPS) is 13.1. The highest BCUT2D eigenvalue weighted by atomic mass is 35.5. The van der Waals surface area contributed by atoms with Crippen LogP contribution in [0.1, 0.15) is 24.2 Å². The van der Waals surface area contributed by atoms with Crippen molar-refractivity contribution in [2.24, 2.45) is 10.9 Å². The molecule has 0 spiro atoms. The molecule has 0 amide bonds. The SMILES string of the molecule is CC(O/C(=N\N)c1ccccc1)c1ccccc1Cl. The van der Waals surface area contributed by atoms with Gasteiger partial charge >= 0.3 is 0 Å². The third-order valence-electron chi connectivity index (χ3n) is 2.77. The molecule has 2 aromatic rings. The Labute approximate surface area is 117 Å². The van der Waals surface area contributed by atoms with Crippen LogP contribution in [0.2, 0.25) is 5.02 Å². The number of nitrogens with two attached hydrogens (primary N) is 1. The summed E-state index contributed by atoms with van der Waals surface area (Å²) in [6.45, 7) is 1.91. The Balaban J connectivity index is 2.19. The summed E-state index contributed by atoms with van der Waals surface area (Å²) < 4.78 is 5.79. The van der Waals surface area contributed by atoms with Gasteiger partial charge in [-0.3, -0.25) is 0 Å². The van der Waals surface area contributed by atoms with E-state index in [4.69, 9.17) is 22.2 Å². The maximum Gasteiger partial charge on any atom is 0.238 e. The molecule has 0 aliphatic rings. The van der Waals surface area contributed by atoms with Gasteiger partial charge in [-0.15, -0.1) is 5.10 Å². The van der Waals surface area contributed by atoms with E-state index in [1.165, 1.54) is 0 Å². The monoisotopic (exact) mass is 274 g/mol. The second kappa shape index (κ2) is 6.25. The Bertz CT molecular complexity index is 569. The van der Waals surface area contributed by atoms with Gasteiger partial charge in [0.2, 0.25) is 5.90 Å². The molecule has 4 heteroatoms. The van der Waals surface area contributed by atoms with E-state index in [1.54, 1.807) is 0 Å². The summed E-state index contributed by atoms with van der Waals surface area (Å²) in [4.78, 5) is 0. The number of hydrazone groups is 1. The van der Waals surface area contributed by atoms with Crippen LogP contribution >= 0.6 is 11.6 Å². The van der Waals surface area contributed by atoms with Crippen LogP contribution in [0.4, 0.5) is 0 Å². The minimum atomic E-state index is -0.226. The molecule has 98 valence electrons. The summed E-state index contributed by atoms with van der Waals surface area (Å²) in [5.74, 6) is 5.80. The molecule has 0 fully saturated rings. The lowest BCUT2D eigenvalue weighted by molar-refractivity contribution is 0.213. The first-order valence-electron chi connectivity index (χ1n) is 5.96. The van der Waals surface area contributed by atoms with Crippen LogP contribution in [0.5, 0.6) is 0 Å². The number of rotatable bonds is 3. The first-order chi connectivity index (χ1) is 9.22. The zero-order valence-corrected chi connectivity index (χ0v) is 11.3. The van der Waals surface area contributed by atoms with Crippen LogP contribution in [-0.4, -0.2) is 5.90 Å². The third-order valence-corrected chi connectivity index (χ3v) is 3.11. The molecule has 2 N–H and O–H groups in total. The van der Waals surface area contributed by atoms with Crippen LogP contribution < -0.4 is 5.84 Å². The summed E-state index contributed by atoms with van der Waals surface area (Å²) in [6, 6.07) is 17.1. The molecular weight excluding hydrogens is 260 g/mol. The zero-order valence-electron chi connectivity index (χ0n) is 10.6. The van der Waals surface area contributed by atoms with E-state index in [0.29, 0.717) is 10.9 Å². The van der Waals surface area contributed by atoms with Crippen LogP contribution in [0.3, 0.4) is 0 Å². The second-order valence-corrected chi connectivity index (χ2v) is 4.49. The molecule has 2 aromatic carbocycles. The molecule has 0 saturated carbocycles. The fraction of sp³-hybridized carbons (Fsp3) is 0.133. The minimum Gasteiger partial charge on any atom is -0.468 e. The number of benzene rings is 2. The maximum atomic E-state index is 6.14. The topological polar surface area (TPSA) is 47.6 Å². The van der Waals surface area contributed by atoms with E-state index in [2.05, 4.69) is 5.10 Å². The van der Waals surface area contributed by atoms with Gasteiger partial charge in [0.1, 0.15) is 6.10 Å². The molecule has 0 aromatic heterocycles. The molecule has 0 radical (unpaired) electrons. The molecule has 0 saturated heterocycles. The van der Waals surface area contributed by atoms with E-state index in [9.17, 15) is 0 Å². The number of ether oxygens (including phenoxy) is 1. The van der Waals surface area contributed by atoms with E-state index in [1.807, 2.05) is 61.5 Å². The van der Waals surface area contributed by atoms with Crippen LogP contribution in [-0.2, 0) is 4.74 Å². The molecule has 1 unspecified atom stereocenters. The Hall–Kier alpha value is -2.00. The van der Waals surface area contributed by atoms with Crippen molar-refractivity contribution in [2.45, 2.75) is 13.0 Å². The highest BCUT2D eigenvalue weighted by molar-refractivity contribution is 6.31. The van der Waals surface area contributed by atoms with Gasteiger partial charge in [0, 0.05) is 16.1 Å². The Kier molecular flexibility index (Phi) is 4.42. The highest BCUT2D eigenvalue weighted by Crippen LogP contribution is 2.25. The quantitative estimate of drug-likeness (QED) is 0.401. The highest BCUT2D eigenvalue weighted by Gasteiger charge is 2.14. The molecule has 2 rings (SSSR count). The van der Waals surface area contributed by atoms with Gasteiger partial charge in [-0.2, -0.15) is 0 Å². The van der Waals surface area contributed by atoms with Crippen molar-refractivity contribution in [1.82, 2.24) is 0 Å². The second-order valence-electron chi connectivity index (χ2n) is 4.08. The first-order valence-corrected chi connectivity index (χ1v) is 6.34. The molecular formula is C15H15ClN2O. The first kappa shape index (κ1) is 13.4. The van der Waals surface area contributed by atoms with E-state index >= 15 is 0 Å². The van der Waals surface area contributed by atoms with Gasteiger partial charge in [0.25, 0.3) is 0 Å². The average Bonchev–Trinajstić information content (AvgIpc) is 2.46. The summed E-state index contributed by atoms with van der Waals surface area (Å²) in [5.41, 5.74) is 1.74. The molecule has 0 bridgehead atoms. The largest absolute Gasteiger partial charge is 0.468 e. The summed E-state index contributed by atoms with van der Waals surface area (Å²) in [7, 11) is 0. The number of hydrogen-bond acceptors (Lipinski definition) is 3. The Morgan fingerprint density at radius 1 is 1.11 bits per heavy atom. The maximum absolute atomic E-state index is 6.14. The number of halogens is 1. The molecule has 0 aliphatic carbocycles. The standard InChI is InChI=1S/C15H15ClN2O/c1-11(13-9-5-6-10-14(13)16)19-15(18-17)12-7-3-2-4-8-12/h2-11H,17H2,1H3/b18-15-. The van der Waals surface area contributed by atoms with Gasteiger partial charge in [-0.1, -0.05) is 48.0 Å². The summed E-state index contributed by atoms with van der Waals surface area (Å²) in [5, 5.41) is 4.37. The average molecular weight is 275 g/mol.